The van der Waals surface area contributed by atoms with E-state index in [2.05, 4.69) is 48.5 Å². The van der Waals surface area contributed by atoms with Crippen molar-refractivity contribution in [1.82, 2.24) is 0 Å². The highest BCUT2D eigenvalue weighted by Crippen LogP contribution is 2.47. The molecule has 0 aliphatic rings. The summed E-state index contributed by atoms with van der Waals surface area (Å²) in [7, 11) is 0. The molecular formula is C28H18O2S. The molecule has 0 radical (unpaired) electrons. The average molecular weight is 419 g/mol. The number of aromatic hydroxyl groups is 1. The second-order valence-corrected chi connectivity index (χ2v) is 8.64. The third-order valence-corrected chi connectivity index (χ3v) is 6.74. The summed E-state index contributed by atoms with van der Waals surface area (Å²) in [6.07, 6.45) is 0. The summed E-state index contributed by atoms with van der Waals surface area (Å²) in [5.41, 5.74) is 1.82. The molecule has 3 heteroatoms. The molecule has 31 heavy (non-hydrogen) atoms. The summed E-state index contributed by atoms with van der Waals surface area (Å²) >= 11 is 1.56. The summed E-state index contributed by atoms with van der Waals surface area (Å²) in [4.78, 5) is 1.89. The van der Waals surface area contributed by atoms with Crippen molar-refractivity contribution in [2.24, 2.45) is 0 Å². The van der Waals surface area contributed by atoms with Gasteiger partial charge in [-0.15, -0.1) is 0 Å². The molecule has 1 N–H and O–H groups in total. The number of fused-ring (bicyclic) bond motifs is 4. The molecular weight excluding hydrogens is 400 g/mol. The molecule has 0 atom stereocenters. The minimum Gasteiger partial charge on any atom is -0.506 e. The van der Waals surface area contributed by atoms with E-state index in [1.807, 2.05) is 54.6 Å². The van der Waals surface area contributed by atoms with Crippen molar-refractivity contribution in [2.45, 2.75) is 9.79 Å². The van der Waals surface area contributed by atoms with E-state index in [1.165, 1.54) is 10.8 Å². The maximum atomic E-state index is 11.2. The fourth-order valence-electron chi connectivity index (χ4n) is 4.09. The van der Waals surface area contributed by atoms with Crippen molar-refractivity contribution in [1.29, 1.82) is 0 Å². The molecule has 0 amide bonds. The van der Waals surface area contributed by atoms with Crippen LogP contribution in [0, 0.1) is 0 Å². The number of phenolic OH excluding ortho intramolecular Hbond substituents is 1. The Morgan fingerprint density at radius 2 is 1.32 bits per heavy atom. The lowest BCUT2D eigenvalue weighted by Gasteiger charge is -2.09. The topological polar surface area (TPSA) is 33.4 Å². The third-order valence-electron chi connectivity index (χ3n) is 5.62. The van der Waals surface area contributed by atoms with Crippen molar-refractivity contribution in [2.75, 3.05) is 0 Å². The van der Waals surface area contributed by atoms with E-state index < -0.39 is 0 Å². The second-order valence-electron chi connectivity index (χ2n) is 7.55. The van der Waals surface area contributed by atoms with Crippen molar-refractivity contribution in [3.05, 3.63) is 103 Å². The maximum Gasteiger partial charge on any atom is 0.144 e. The summed E-state index contributed by atoms with van der Waals surface area (Å²) in [6.45, 7) is 0. The molecule has 0 fully saturated rings. The van der Waals surface area contributed by atoms with Crippen LogP contribution >= 0.6 is 11.8 Å². The van der Waals surface area contributed by atoms with Crippen LogP contribution in [0.3, 0.4) is 0 Å². The normalized spacial score (nSPS) is 11.5. The molecule has 6 rings (SSSR count). The van der Waals surface area contributed by atoms with Gasteiger partial charge >= 0.3 is 0 Å². The lowest BCUT2D eigenvalue weighted by Crippen LogP contribution is -1.81. The molecule has 0 aliphatic carbocycles. The summed E-state index contributed by atoms with van der Waals surface area (Å²) in [6, 6.07) is 34.7. The van der Waals surface area contributed by atoms with Crippen LogP contribution < -0.4 is 0 Å². The monoisotopic (exact) mass is 418 g/mol. The van der Waals surface area contributed by atoms with Gasteiger partial charge in [0, 0.05) is 26.6 Å². The maximum absolute atomic E-state index is 11.2. The van der Waals surface area contributed by atoms with Crippen molar-refractivity contribution < 1.29 is 9.52 Å². The zero-order valence-electron chi connectivity index (χ0n) is 16.6. The summed E-state index contributed by atoms with van der Waals surface area (Å²) < 4.78 is 6.43. The van der Waals surface area contributed by atoms with E-state index in [-0.39, 0.29) is 0 Å². The zero-order valence-corrected chi connectivity index (χ0v) is 17.4. The zero-order chi connectivity index (χ0) is 20.8. The number of benzene rings is 5. The predicted octanol–water partition coefficient (Wildman–Crippen LogP) is 8.26. The lowest BCUT2D eigenvalue weighted by atomic mass is 10.0. The van der Waals surface area contributed by atoms with Gasteiger partial charge in [0.2, 0.25) is 0 Å². The Balaban J connectivity index is 1.61. The second kappa shape index (κ2) is 7.22. The van der Waals surface area contributed by atoms with Crippen molar-refractivity contribution >= 4 is 44.3 Å². The first-order chi connectivity index (χ1) is 15.3. The molecule has 0 saturated heterocycles. The van der Waals surface area contributed by atoms with E-state index >= 15 is 0 Å². The fraction of sp³-hybridized carbons (Fsp3) is 0. The average Bonchev–Trinajstić information content (AvgIpc) is 3.28. The Hall–Kier alpha value is -3.69. The van der Waals surface area contributed by atoms with Crippen molar-refractivity contribution in [3.63, 3.8) is 0 Å². The van der Waals surface area contributed by atoms with E-state index in [4.69, 9.17) is 4.42 Å². The first-order valence-corrected chi connectivity index (χ1v) is 11.0. The highest BCUT2D eigenvalue weighted by molar-refractivity contribution is 7.99. The Bertz CT molecular complexity index is 1560. The molecule has 1 aromatic heterocycles. The van der Waals surface area contributed by atoms with E-state index in [0.29, 0.717) is 5.75 Å². The van der Waals surface area contributed by atoms with Crippen molar-refractivity contribution in [3.8, 4) is 17.1 Å². The van der Waals surface area contributed by atoms with Crippen LogP contribution in [0.2, 0.25) is 0 Å². The molecule has 6 aromatic rings. The molecule has 148 valence electrons. The van der Waals surface area contributed by atoms with Crippen LogP contribution in [-0.4, -0.2) is 5.11 Å². The van der Waals surface area contributed by atoms with Gasteiger partial charge in [0.15, 0.2) is 0 Å². The molecule has 0 unspecified atom stereocenters. The van der Waals surface area contributed by atoms with E-state index in [0.717, 1.165) is 42.9 Å². The standard InChI is InChI=1S/C28H18O2S/c29-26-22-12-6-7-13-23(22)27-24(28(26)31-21-10-2-1-3-11-21)17-25(30-27)20-15-14-18-8-4-5-9-19(18)16-20/h1-17,29H. The van der Waals surface area contributed by atoms with Gasteiger partial charge in [0.1, 0.15) is 17.1 Å². The van der Waals surface area contributed by atoms with Crippen LogP contribution in [-0.2, 0) is 0 Å². The van der Waals surface area contributed by atoms with Gasteiger partial charge < -0.3 is 9.52 Å². The minimum atomic E-state index is 0.294. The van der Waals surface area contributed by atoms with Gasteiger partial charge in [-0.25, -0.2) is 0 Å². The quantitative estimate of drug-likeness (QED) is 0.314. The van der Waals surface area contributed by atoms with Gasteiger partial charge in [-0.3, -0.25) is 0 Å². The Morgan fingerprint density at radius 3 is 2.16 bits per heavy atom. The van der Waals surface area contributed by atoms with Crippen LogP contribution in [0.4, 0.5) is 0 Å². The first kappa shape index (κ1) is 18.1. The minimum absolute atomic E-state index is 0.294. The first-order valence-electron chi connectivity index (χ1n) is 10.2. The van der Waals surface area contributed by atoms with Crippen LogP contribution in [0.1, 0.15) is 0 Å². The van der Waals surface area contributed by atoms with E-state index in [1.54, 1.807) is 11.8 Å². The van der Waals surface area contributed by atoms with E-state index in [9.17, 15) is 5.11 Å². The fourth-order valence-corrected chi connectivity index (χ4v) is 5.09. The van der Waals surface area contributed by atoms with Gasteiger partial charge in [-0.2, -0.15) is 0 Å². The highest BCUT2D eigenvalue weighted by Gasteiger charge is 2.19. The molecule has 2 nitrogen and oxygen atoms in total. The molecule has 0 aliphatic heterocycles. The number of rotatable bonds is 3. The van der Waals surface area contributed by atoms with Crippen LogP contribution in [0.25, 0.3) is 43.8 Å². The smallest absolute Gasteiger partial charge is 0.144 e. The molecule has 1 heterocycles. The summed E-state index contributed by atoms with van der Waals surface area (Å²) in [5, 5.41) is 16.2. The number of phenols is 1. The number of hydrogen-bond donors (Lipinski definition) is 1. The Kier molecular flexibility index (Phi) is 4.22. The molecule has 0 bridgehead atoms. The number of furan rings is 1. The third kappa shape index (κ3) is 3.06. The number of hydrogen-bond acceptors (Lipinski definition) is 3. The Morgan fingerprint density at radius 1 is 0.613 bits per heavy atom. The summed E-state index contributed by atoms with van der Waals surface area (Å²) in [5.74, 6) is 1.09. The SMILES string of the molecule is Oc1c(Sc2ccccc2)c2cc(-c3ccc4ccccc4c3)oc2c2ccccc12. The van der Waals surface area contributed by atoms with Gasteiger partial charge in [0.25, 0.3) is 0 Å². The van der Waals surface area contributed by atoms with Gasteiger partial charge in [-0.05, 0) is 35.0 Å². The van der Waals surface area contributed by atoms with Crippen LogP contribution in [0.15, 0.2) is 117 Å². The molecule has 0 spiro atoms. The lowest BCUT2D eigenvalue weighted by molar-refractivity contribution is 0.470. The van der Waals surface area contributed by atoms with Gasteiger partial charge in [-0.1, -0.05) is 90.6 Å². The van der Waals surface area contributed by atoms with Crippen LogP contribution in [0.5, 0.6) is 5.75 Å². The van der Waals surface area contributed by atoms with Gasteiger partial charge in [0.05, 0.1) is 4.90 Å². The predicted molar refractivity (Wildman–Crippen MR) is 129 cm³/mol. The molecule has 0 saturated carbocycles. The highest BCUT2D eigenvalue weighted by atomic mass is 32.2. The molecule has 5 aromatic carbocycles. The largest absolute Gasteiger partial charge is 0.506 e. The Labute approximate surface area is 183 Å².